The molecule has 1 aromatic carbocycles. The summed E-state index contributed by atoms with van der Waals surface area (Å²) in [6.45, 7) is 9.97. The van der Waals surface area contributed by atoms with Gasteiger partial charge in [0.2, 0.25) is 0 Å². The van der Waals surface area contributed by atoms with Crippen molar-refractivity contribution in [3.63, 3.8) is 0 Å². The summed E-state index contributed by atoms with van der Waals surface area (Å²) >= 11 is 0. The summed E-state index contributed by atoms with van der Waals surface area (Å²) in [7, 11) is 1.18. The first-order valence-corrected chi connectivity index (χ1v) is 6.86. The van der Waals surface area contributed by atoms with Crippen molar-refractivity contribution in [1.82, 2.24) is 0 Å². The Bertz CT molecular complexity index is 470. The van der Waals surface area contributed by atoms with Crippen LogP contribution in [0.25, 0.3) is 0 Å². The fourth-order valence-electron chi connectivity index (χ4n) is 2.26. The number of aliphatic hydroxyl groups is 1. The van der Waals surface area contributed by atoms with Crippen LogP contribution in [0.4, 0.5) is 0 Å². The summed E-state index contributed by atoms with van der Waals surface area (Å²) in [5.41, 5.74) is 1.88. The van der Waals surface area contributed by atoms with Crippen molar-refractivity contribution in [2.75, 3.05) is 7.11 Å². The van der Waals surface area contributed by atoms with Crippen molar-refractivity contribution in [2.24, 2.45) is 0 Å². The van der Waals surface area contributed by atoms with Gasteiger partial charge in [0.05, 0.1) is 24.9 Å². The predicted octanol–water partition coefficient (Wildman–Crippen LogP) is 1.80. The molecule has 1 aliphatic rings. The van der Waals surface area contributed by atoms with E-state index in [4.69, 9.17) is 14.0 Å². The van der Waals surface area contributed by atoms with E-state index in [0.717, 1.165) is 22.3 Å². The van der Waals surface area contributed by atoms with Crippen LogP contribution in [0.1, 0.15) is 38.8 Å². The Morgan fingerprint density at radius 1 is 1.15 bits per heavy atom. The molecule has 0 radical (unpaired) electrons. The molecule has 1 aliphatic heterocycles. The summed E-state index contributed by atoms with van der Waals surface area (Å²) in [6, 6.07) is 3.83. The molecule has 20 heavy (non-hydrogen) atoms. The predicted molar refractivity (Wildman–Crippen MR) is 79.4 cm³/mol. The molecule has 0 atom stereocenters. The molecule has 0 bridgehead atoms. The fourth-order valence-corrected chi connectivity index (χ4v) is 2.26. The van der Waals surface area contributed by atoms with Crippen molar-refractivity contribution in [2.45, 2.75) is 52.4 Å². The lowest BCUT2D eigenvalue weighted by molar-refractivity contribution is 0.00578. The lowest BCUT2D eigenvalue weighted by Crippen LogP contribution is -2.41. The second kappa shape index (κ2) is 5.06. The minimum atomic E-state index is -0.445. The van der Waals surface area contributed by atoms with Crippen molar-refractivity contribution in [3.05, 3.63) is 23.3 Å². The summed E-state index contributed by atoms with van der Waals surface area (Å²) in [5, 5.41) is 9.47. The lowest BCUT2D eigenvalue weighted by Gasteiger charge is -2.32. The summed E-state index contributed by atoms with van der Waals surface area (Å²) in [4.78, 5) is 0. The molecule has 0 saturated carbocycles. The fraction of sp³-hybridized carbons (Fsp3) is 0.600. The summed E-state index contributed by atoms with van der Waals surface area (Å²) in [6.07, 6.45) is 0. The number of methoxy groups -OCH3 is 1. The van der Waals surface area contributed by atoms with Gasteiger partial charge in [-0.15, -0.1) is 0 Å². The molecule has 1 heterocycles. The largest absolute Gasteiger partial charge is 0.496 e. The van der Waals surface area contributed by atoms with Crippen molar-refractivity contribution in [1.29, 1.82) is 0 Å². The third-order valence-corrected chi connectivity index (χ3v) is 4.41. The third kappa shape index (κ3) is 2.46. The molecule has 0 aliphatic carbocycles. The second-order valence-corrected chi connectivity index (χ2v) is 6.25. The van der Waals surface area contributed by atoms with E-state index in [1.54, 1.807) is 7.11 Å². The van der Waals surface area contributed by atoms with Crippen LogP contribution in [0.3, 0.4) is 0 Å². The zero-order chi connectivity index (χ0) is 15.1. The van der Waals surface area contributed by atoms with E-state index in [1.807, 2.05) is 46.8 Å². The Morgan fingerprint density at radius 2 is 1.70 bits per heavy atom. The highest BCUT2D eigenvalue weighted by atomic mass is 16.7. The topological polar surface area (TPSA) is 47.9 Å². The molecule has 1 aromatic rings. The third-order valence-electron chi connectivity index (χ3n) is 4.41. The molecule has 0 spiro atoms. The molecular weight excluding hydrogens is 255 g/mol. The second-order valence-electron chi connectivity index (χ2n) is 6.25. The van der Waals surface area contributed by atoms with Gasteiger partial charge in [0.25, 0.3) is 0 Å². The van der Waals surface area contributed by atoms with Crippen LogP contribution in [-0.2, 0) is 15.9 Å². The Morgan fingerprint density at radius 3 is 2.15 bits per heavy atom. The van der Waals surface area contributed by atoms with Crippen LogP contribution >= 0.6 is 0 Å². The highest BCUT2D eigenvalue weighted by molar-refractivity contribution is 6.62. The summed E-state index contributed by atoms with van der Waals surface area (Å²) < 4.78 is 17.4. The van der Waals surface area contributed by atoms with Crippen molar-refractivity contribution < 1.29 is 19.2 Å². The number of rotatable bonds is 3. The van der Waals surface area contributed by atoms with Crippen LogP contribution in [0.15, 0.2) is 12.1 Å². The average molecular weight is 278 g/mol. The number of ether oxygens (including phenoxy) is 1. The standard InChI is InChI=1S/C15H23BO4/c1-10-11(9-17)7-12(8-13(10)18-6)16-19-14(2,3)15(4,5)20-16/h7-8,17H,9H2,1-6H3. The molecule has 1 fully saturated rings. The van der Waals surface area contributed by atoms with E-state index in [9.17, 15) is 5.11 Å². The van der Waals surface area contributed by atoms with Crippen LogP contribution in [0.2, 0.25) is 0 Å². The van der Waals surface area contributed by atoms with Gasteiger partial charge in [0, 0.05) is 0 Å². The van der Waals surface area contributed by atoms with Crippen LogP contribution < -0.4 is 10.2 Å². The smallest absolute Gasteiger partial charge is 0.494 e. The van der Waals surface area contributed by atoms with E-state index in [2.05, 4.69) is 0 Å². The van der Waals surface area contributed by atoms with Gasteiger partial charge in [-0.2, -0.15) is 0 Å². The average Bonchev–Trinajstić information content (AvgIpc) is 2.58. The van der Waals surface area contributed by atoms with Crippen molar-refractivity contribution >= 4 is 12.6 Å². The van der Waals surface area contributed by atoms with Gasteiger partial charge in [-0.3, -0.25) is 0 Å². The SMILES string of the molecule is COc1cc(B2OC(C)(C)C(C)(C)O2)cc(CO)c1C. The maximum Gasteiger partial charge on any atom is 0.494 e. The molecule has 5 heteroatoms. The van der Waals surface area contributed by atoms with Gasteiger partial charge >= 0.3 is 7.12 Å². The van der Waals surface area contributed by atoms with Gasteiger partial charge in [-0.1, -0.05) is 6.07 Å². The summed E-state index contributed by atoms with van der Waals surface area (Å²) in [5.74, 6) is 0.737. The van der Waals surface area contributed by atoms with Crippen LogP contribution in [0, 0.1) is 6.92 Å². The van der Waals surface area contributed by atoms with Gasteiger partial charge in [0.15, 0.2) is 0 Å². The minimum Gasteiger partial charge on any atom is -0.496 e. The Hall–Kier alpha value is -1.04. The number of benzene rings is 1. The maximum atomic E-state index is 9.47. The molecule has 4 nitrogen and oxygen atoms in total. The maximum absolute atomic E-state index is 9.47. The Kier molecular flexibility index (Phi) is 3.89. The molecule has 0 amide bonds. The minimum absolute atomic E-state index is 0.0322. The highest BCUT2D eigenvalue weighted by Crippen LogP contribution is 2.37. The van der Waals surface area contributed by atoms with E-state index in [1.165, 1.54) is 0 Å². The first-order valence-electron chi connectivity index (χ1n) is 6.86. The van der Waals surface area contributed by atoms with Gasteiger partial charge < -0.3 is 19.2 Å². The van der Waals surface area contributed by atoms with E-state index >= 15 is 0 Å². The Labute approximate surface area is 121 Å². The molecule has 1 saturated heterocycles. The van der Waals surface area contributed by atoms with Crippen LogP contribution in [-0.4, -0.2) is 30.5 Å². The molecular formula is C15H23BO4. The zero-order valence-electron chi connectivity index (χ0n) is 13.1. The number of hydrogen-bond donors (Lipinski definition) is 1. The number of hydrogen-bond acceptors (Lipinski definition) is 4. The zero-order valence-corrected chi connectivity index (χ0v) is 13.1. The van der Waals surface area contributed by atoms with E-state index < -0.39 is 7.12 Å². The molecule has 0 unspecified atom stereocenters. The first-order chi connectivity index (χ1) is 9.21. The first kappa shape index (κ1) is 15.4. The highest BCUT2D eigenvalue weighted by Gasteiger charge is 2.51. The molecule has 110 valence electrons. The number of aliphatic hydroxyl groups excluding tert-OH is 1. The van der Waals surface area contributed by atoms with E-state index in [-0.39, 0.29) is 17.8 Å². The van der Waals surface area contributed by atoms with Crippen molar-refractivity contribution in [3.8, 4) is 5.75 Å². The van der Waals surface area contributed by atoms with Crippen LogP contribution in [0.5, 0.6) is 5.75 Å². The quantitative estimate of drug-likeness (QED) is 0.856. The van der Waals surface area contributed by atoms with Gasteiger partial charge in [0.1, 0.15) is 5.75 Å². The Balaban J connectivity index is 2.40. The lowest BCUT2D eigenvalue weighted by atomic mass is 9.77. The van der Waals surface area contributed by atoms with Gasteiger partial charge in [-0.25, -0.2) is 0 Å². The van der Waals surface area contributed by atoms with E-state index in [0.29, 0.717) is 0 Å². The molecule has 2 rings (SSSR count). The molecule has 0 aromatic heterocycles. The molecule has 1 N–H and O–H groups in total. The normalized spacial score (nSPS) is 20.2. The monoisotopic (exact) mass is 278 g/mol. The van der Waals surface area contributed by atoms with Gasteiger partial charge in [-0.05, 0) is 57.3 Å².